The Kier molecular flexibility index (Phi) is 6.32. The normalized spacial score (nSPS) is 12.5. The van der Waals surface area contributed by atoms with E-state index in [4.69, 9.17) is 4.74 Å². The molecule has 104 valence electrons. The van der Waals surface area contributed by atoms with Crippen molar-refractivity contribution in [2.45, 2.75) is 45.8 Å². The Bertz CT molecular complexity index is 323. The summed E-state index contributed by atoms with van der Waals surface area (Å²) in [7, 11) is 1.58. The van der Waals surface area contributed by atoms with Gasteiger partial charge in [-0.1, -0.05) is 0 Å². The standard InChI is InChI=1S/C11H21N3O4/c1-7(15)8(12-5)6-9(16)13-14-10(17)18-11(2,3)4/h8,12H,6H2,1-5H3,(H,13,16)(H,14,17). The molecule has 0 aromatic heterocycles. The topological polar surface area (TPSA) is 96.5 Å². The van der Waals surface area contributed by atoms with Crippen molar-refractivity contribution in [1.29, 1.82) is 0 Å². The van der Waals surface area contributed by atoms with Crippen LogP contribution in [0, 0.1) is 0 Å². The summed E-state index contributed by atoms with van der Waals surface area (Å²) in [5, 5.41) is 2.70. The zero-order valence-corrected chi connectivity index (χ0v) is 11.4. The van der Waals surface area contributed by atoms with Crippen LogP contribution in [0.1, 0.15) is 34.1 Å². The van der Waals surface area contributed by atoms with Gasteiger partial charge in [0.15, 0.2) is 0 Å². The predicted molar refractivity (Wildman–Crippen MR) is 65.7 cm³/mol. The first-order valence-corrected chi connectivity index (χ1v) is 5.61. The number of hydrogen-bond acceptors (Lipinski definition) is 5. The fourth-order valence-electron chi connectivity index (χ4n) is 1.11. The summed E-state index contributed by atoms with van der Waals surface area (Å²) in [6, 6.07) is -0.564. The minimum absolute atomic E-state index is 0.0539. The molecule has 0 rings (SSSR count). The summed E-state index contributed by atoms with van der Waals surface area (Å²) in [4.78, 5) is 33.7. The predicted octanol–water partition coefficient (Wildman–Crippen LogP) is 0.109. The van der Waals surface area contributed by atoms with Gasteiger partial charge in [0.2, 0.25) is 5.91 Å². The van der Waals surface area contributed by atoms with Gasteiger partial charge in [-0.3, -0.25) is 15.0 Å². The van der Waals surface area contributed by atoms with E-state index in [9.17, 15) is 14.4 Å². The number of ketones is 1. The van der Waals surface area contributed by atoms with Gasteiger partial charge in [0, 0.05) is 0 Å². The van der Waals surface area contributed by atoms with E-state index < -0.39 is 23.6 Å². The van der Waals surface area contributed by atoms with E-state index in [-0.39, 0.29) is 12.2 Å². The van der Waals surface area contributed by atoms with E-state index in [1.165, 1.54) is 6.92 Å². The van der Waals surface area contributed by atoms with E-state index >= 15 is 0 Å². The largest absolute Gasteiger partial charge is 0.443 e. The molecule has 0 bridgehead atoms. The third-order valence-electron chi connectivity index (χ3n) is 1.93. The van der Waals surface area contributed by atoms with Crippen molar-refractivity contribution >= 4 is 17.8 Å². The third kappa shape index (κ3) is 7.61. The summed E-state index contributed by atoms with van der Waals surface area (Å²) in [6.07, 6.45) is -0.804. The van der Waals surface area contributed by atoms with E-state index in [2.05, 4.69) is 16.2 Å². The first-order valence-electron chi connectivity index (χ1n) is 5.61. The van der Waals surface area contributed by atoms with Crippen molar-refractivity contribution in [2.75, 3.05) is 7.05 Å². The Labute approximate surface area is 107 Å². The van der Waals surface area contributed by atoms with Crippen LogP contribution < -0.4 is 16.2 Å². The number of carbonyl (C=O) groups excluding carboxylic acids is 3. The lowest BCUT2D eigenvalue weighted by Crippen LogP contribution is -2.47. The molecule has 0 saturated carbocycles. The Balaban J connectivity index is 4.04. The number of nitrogens with one attached hydrogen (secondary N) is 3. The van der Waals surface area contributed by atoms with Crippen molar-refractivity contribution in [3.63, 3.8) is 0 Å². The van der Waals surface area contributed by atoms with Crippen LogP contribution in [-0.2, 0) is 14.3 Å². The molecular weight excluding hydrogens is 238 g/mol. The smallest absolute Gasteiger partial charge is 0.426 e. The second-order valence-electron chi connectivity index (χ2n) is 4.83. The van der Waals surface area contributed by atoms with E-state index in [0.717, 1.165) is 0 Å². The molecule has 0 spiro atoms. The molecule has 0 aliphatic carbocycles. The maximum Gasteiger partial charge on any atom is 0.426 e. The molecule has 3 N–H and O–H groups in total. The summed E-state index contributed by atoms with van der Waals surface area (Å²) in [6.45, 7) is 6.51. The summed E-state index contributed by atoms with van der Waals surface area (Å²) < 4.78 is 4.92. The fraction of sp³-hybridized carbons (Fsp3) is 0.727. The van der Waals surface area contributed by atoms with E-state index in [1.54, 1.807) is 27.8 Å². The molecule has 18 heavy (non-hydrogen) atoms. The summed E-state index contributed by atoms with van der Waals surface area (Å²) >= 11 is 0. The third-order valence-corrected chi connectivity index (χ3v) is 1.93. The van der Waals surface area contributed by atoms with Crippen LogP contribution in [0.4, 0.5) is 4.79 Å². The number of rotatable bonds is 4. The van der Waals surface area contributed by atoms with E-state index in [1.807, 2.05) is 0 Å². The molecule has 0 aliphatic heterocycles. The van der Waals surface area contributed by atoms with E-state index in [0.29, 0.717) is 0 Å². The molecule has 0 aromatic rings. The number of amides is 2. The monoisotopic (exact) mass is 259 g/mol. The van der Waals surface area contributed by atoms with Gasteiger partial charge in [-0.15, -0.1) is 0 Å². The minimum Gasteiger partial charge on any atom is -0.443 e. The number of carbonyl (C=O) groups is 3. The zero-order valence-electron chi connectivity index (χ0n) is 11.4. The Hall–Kier alpha value is -1.63. The van der Waals surface area contributed by atoms with Crippen molar-refractivity contribution in [3.05, 3.63) is 0 Å². The van der Waals surface area contributed by atoms with Crippen LogP contribution in [0.3, 0.4) is 0 Å². The number of hydrazine groups is 1. The van der Waals surface area contributed by atoms with Gasteiger partial charge in [-0.05, 0) is 34.7 Å². The molecule has 1 atom stereocenters. The number of hydrogen-bond donors (Lipinski definition) is 3. The molecular formula is C11H21N3O4. The van der Waals surface area contributed by atoms with Gasteiger partial charge in [-0.2, -0.15) is 0 Å². The van der Waals surface area contributed by atoms with Crippen LogP contribution in [0.15, 0.2) is 0 Å². The average molecular weight is 259 g/mol. The van der Waals surface area contributed by atoms with Crippen LogP contribution in [-0.4, -0.2) is 36.5 Å². The highest BCUT2D eigenvalue weighted by Crippen LogP contribution is 2.05. The summed E-state index contributed by atoms with van der Waals surface area (Å²) in [5.74, 6) is -0.625. The van der Waals surface area contributed by atoms with Crippen LogP contribution in [0.25, 0.3) is 0 Å². The lowest BCUT2D eigenvalue weighted by molar-refractivity contribution is -0.126. The number of likely N-dealkylation sites (N-methyl/N-ethyl adjacent to an activating group) is 1. The number of ether oxygens (including phenoxy) is 1. The maximum absolute atomic E-state index is 11.4. The molecule has 0 heterocycles. The van der Waals surface area contributed by atoms with Gasteiger partial charge in [-0.25, -0.2) is 10.2 Å². The average Bonchev–Trinajstić information content (AvgIpc) is 2.20. The quantitative estimate of drug-likeness (QED) is 0.623. The first kappa shape index (κ1) is 16.4. The van der Waals surface area contributed by atoms with Gasteiger partial charge in [0.25, 0.3) is 0 Å². The Morgan fingerprint density at radius 3 is 2.11 bits per heavy atom. The zero-order chi connectivity index (χ0) is 14.3. The molecule has 0 aromatic carbocycles. The fourth-order valence-corrected chi connectivity index (χ4v) is 1.11. The van der Waals surface area contributed by atoms with Crippen molar-refractivity contribution in [2.24, 2.45) is 0 Å². The lowest BCUT2D eigenvalue weighted by atomic mass is 10.1. The van der Waals surface area contributed by atoms with Gasteiger partial charge < -0.3 is 10.1 Å². The number of Topliss-reactive ketones (excluding diaryl/α,β-unsaturated/α-hetero) is 1. The molecule has 2 amide bonds. The Morgan fingerprint density at radius 2 is 1.72 bits per heavy atom. The van der Waals surface area contributed by atoms with Crippen LogP contribution in [0.2, 0.25) is 0 Å². The van der Waals surface area contributed by atoms with Crippen molar-refractivity contribution < 1.29 is 19.1 Å². The minimum atomic E-state index is -0.750. The van der Waals surface area contributed by atoms with Gasteiger partial charge in [0.1, 0.15) is 11.4 Å². The maximum atomic E-state index is 11.4. The molecule has 0 saturated heterocycles. The van der Waals surface area contributed by atoms with Crippen LogP contribution in [0.5, 0.6) is 0 Å². The molecule has 0 radical (unpaired) electrons. The molecule has 0 fully saturated rings. The molecule has 0 aliphatic rings. The highest BCUT2D eigenvalue weighted by Gasteiger charge is 2.19. The highest BCUT2D eigenvalue weighted by atomic mass is 16.6. The first-order chi connectivity index (χ1) is 8.15. The summed E-state index contributed by atoms with van der Waals surface area (Å²) in [5.41, 5.74) is 3.64. The van der Waals surface area contributed by atoms with Gasteiger partial charge >= 0.3 is 6.09 Å². The second kappa shape index (κ2) is 6.95. The second-order valence-corrected chi connectivity index (χ2v) is 4.83. The highest BCUT2D eigenvalue weighted by molar-refractivity contribution is 5.88. The SMILES string of the molecule is CNC(CC(=O)NNC(=O)OC(C)(C)C)C(C)=O. The molecule has 7 heteroatoms. The lowest BCUT2D eigenvalue weighted by Gasteiger charge is -2.20. The van der Waals surface area contributed by atoms with Crippen molar-refractivity contribution in [1.82, 2.24) is 16.2 Å². The van der Waals surface area contributed by atoms with Crippen LogP contribution >= 0.6 is 0 Å². The van der Waals surface area contributed by atoms with Gasteiger partial charge in [0.05, 0.1) is 12.5 Å². The van der Waals surface area contributed by atoms with Crippen molar-refractivity contribution in [3.8, 4) is 0 Å². The molecule has 7 nitrogen and oxygen atoms in total. The molecule has 1 unspecified atom stereocenters. The Morgan fingerprint density at radius 1 is 1.17 bits per heavy atom.